The summed E-state index contributed by atoms with van der Waals surface area (Å²) in [5, 5.41) is 44.4. The van der Waals surface area contributed by atoms with Gasteiger partial charge in [0, 0.05) is 36.3 Å². The molecule has 270 valence electrons. The Hall–Kier alpha value is -3.58. The summed E-state index contributed by atoms with van der Waals surface area (Å²) in [6.45, 7) is 4.64. The van der Waals surface area contributed by atoms with E-state index in [4.69, 9.17) is 42.1 Å². The maximum atomic E-state index is 9.36. The van der Waals surface area contributed by atoms with Crippen LogP contribution >= 0.6 is 23.2 Å². The van der Waals surface area contributed by atoms with Gasteiger partial charge in [-0.15, -0.1) is 0 Å². The van der Waals surface area contributed by atoms with Gasteiger partial charge >= 0.3 is 0 Å². The summed E-state index contributed by atoms with van der Waals surface area (Å²) in [5.74, 6) is 2.11. The zero-order valence-corrected chi connectivity index (χ0v) is 30.3. The molecule has 0 aliphatic heterocycles. The first-order chi connectivity index (χ1) is 24.2. The molecule has 0 spiro atoms. The predicted molar refractivity (Wildman–Crippen MR) is 196 cm³/mol. The third-order valence-electron chi connectivity index (χ3n) is 8.66. The molecule has 10 nitrogen and oxygen atoms in total. The van der Waals surface area contributed by atoms with Crippen LogP contribution in [0.15, 0.2) is 60.7 Å². The van der Waals surface area contributed by atoms with E-state index in [1.165, 1.54) is 0 Å². The molecule has 4 aromatic rings. The lowest BCUT2D eigenvalue weighted by atomic mass is 9.92. The van der Waals surface area contributed by atoms with Crippen LogP contribution in [0.1, 0.15) is 33.4 Å². The fourth-order valence-electron chi connectivity index (χ4n) is 5.49. The Morgan fingerprint density at radius 1 is 0.560 bits per heavy atom. The van der Waals surface area contributed by atoms with Crippen molar-refractivity contribution in [2.75, 3.05) is 40.6 Å². The number of benzene rings is 4. The lowest BCUT2D eigenvalue weighted by molar-refractivity contribution is 0.169. The van der Waals surface area contributed by atoms with Gasteiger partial charge in [0.15, 0.2) is 0 Å². The average molecular weight is 730 g/mol. The summed E-state index contributed by atoms with van der Waals surface area (Å²) in [6.07, 6.45) is 0. The van der Waals surface area contributed by atoms with Gasteiger partial charge in [-0.1, -0.05) is 59.6 Å². The third-order valence-corrected chi connectivity index (χ3v) is 9.25. The second-order valence-electron chi connectivity index (χ2n) is 11.8. The van der Waals surface area contributed by atoms with Gasteiger partial charge in [-0.3, -0.25) is 0 Å². The summed E-state index contributed by atoms with van der Waals surface area (Å²) >= 11 is 13.2. The van der Waals surface area contributed by atoms with Crippen molar-refractivity contribution in [2.45, 2.75) is 52.2 Å². The van der Waals surface area contributed by atoms with Crippen molar-refractivity contribution in [1.82, 2.24) is 10.6 Å². The van der Waals surface area contributed by atoms with Crippen LogP contribution in [0.3, 0.4) is 0 Å². The highest BCUT2D eigenvalue weighted by Gasteiger charge is 2.17. The van der Waals surface area contributed by atoms with Gasteiger partial charge in [-0.2, -0.15) is 0 Å². The first kappa shape index (κ1) is 39.2. The molecule has 0 bridgehead atoms. The molecule has 0 amide bonds. The van der Waals surface area contributed by atoms with Crippen LogP contribution in [0.5, 0.6) is 23.0 Å². The van der Waals surface area contributed by atoms with Gasteiger partial charge in [0.25, 0.3) is 0 Å². The Bertz CT molecular complexity index is 1590. The Labute approximate surface area is 303 Å². The molecule has 4 aromatic carbocycles. The van der Waals surface area contributed by atoms with E-state index in [0.29, 0.717) is 46.1 Å². The van der Waals surface area contributed by atoms with Crippen LogP contribution in [-0.2, 0) is 26.3 Å². The predicted octanol–water partition coefficient (Wildman–Crippen LogP) is 5.34. The summed E-state index contributed by atoms with van der Waals surface area (Å²) < 4.78 is 23.5. The highest BCUT2D eigenvalue weighted by molar-refractivity contribution is 6.32. The molecule has 0 saturated heterocycles. The van der Waals surface area contributed by atoms with E-state index in [1.54, 1.807) is 38.5 Å². The van der Waals surface area contributed by atoms with Crippen LogP contribution in [0.25, 0.3) is 11.1 Å². The fraction of sp³-hybridized carbons (Fsp3) is 0.368. The number of aliphatic hydroxyl groups excluding tert-OH is 4. The molecule has 50 heavy (non-hydrogen) atoms. The molecule has 0 atom stereocenters. The van der Waals surface area contributed by atoms with Gasteiger partial charge in [0.2, 0.25) is 0 Å². The number of ether oxygens (including phenoxy) is 4. The van der Waals surface area contributed by atoms with Crippen molar-refractivity contribution < 1.29 is 39.4 Å². The molecule has 0 saturated carbocycles. The zero-order valence-electron chi connectivity index (χ0n) is 28.8. The van der Waals surface area contributed by atoms with Gasteiger partial charge < -0.3 is 50.0 Å². The maximum Gasteiger partial charge on any atom is 0.142 e. The van der Waals surface area contributed by atoms with Crippen LogP contribution in [0, 0.1) is 13.8 Å². The molecule has 0 aliphatic rings. The highest BCUT2D eigenvalue weighted by atomic mass is 35.5. The summed E-state index contributed by atoms with van der Waals surface area (Å²) in [7, 11) is 3.13. The largest absolute Gasteiger partial charge is 0.496 e. The number of halogens is 2. The van der Waals surface area contributed by atoms with Gasteiger partial charge in [0.05, 0.1) is 62.8 Å². The van der Waals surface area contributed by atoms with Crippen molar-refractivity contribution in [2.24, 2.45) is 0 Å². The molecule has 0 unspecified atom stereocenters. The van der Waals surface area contributed by atoms with Crippen molar-refractivity contribution in [3.63, 3.8) is 0 Å². The Kier molecular flexibility index (Phi) is 15.0. The number of nitrogens with one attached hydrogen (secondary N) is 2. The van der Waals surface area contributed by atoms with Gasteiger partial charge in [-0.25, -0.2) is 0 Å². The Morgan fingerprint density at radius 2 is 0.940 bits per heavy atom. The van der Waals surface area contributed by atoms with Crippen LogP contribution in [-0.4, -0.2) is 73.2 Å². The highest BCUT2D eigenvalue weighted by Crippen LogP contribution is 2.36. The monoisotopic (exact) mass is 728 g/mol. The molecular formula is C38H46Cl2N2O8. The quantitative estimate of drug-likeness (QED) is 0.0750. The smallest absolute Gasteiger partial charge is 0.142 e. The minimum atomic E-state index is -0.449. The van der Waals surface area contributed by atoms with E-state index < -0.39 is 12.1 Å². The summed E-state index contributed by atoms with van der Waals surface area (Å²) in [4.78, 5) is 0. The molecule has 12 heteroatoms. The lowest BCUT2D eigenvalue weighted by Gasteiger charge is -2.19. The molecule has 4 rings (SSSR count). The zero-order chi connectivity index (χ0) is 36.2. The Balaban J connectivity index is 1.49. The first-order valence-corrected chi connectivity index (χ1v) is 17.0. The van der Waals surface area contributed by atoms with Crippen LogP contribution < -0.4 is 29.6 Å². The van der Waals surface area contributed by atoms with Crippen molar-refractivity contribution in [1.29, 1.82) is 0 Å². The number of aliphatic hydroxyl groups is 4. The molecule has 0 aliphatic carbocycles. The summed E-state index contributed by atoms with van der Waals surface area (Å²) in [5.41, 5.74) is 7.81. The SMILES string of the molecule is COc1cc(OCc2cccc(-c3cccc(COc4cc(OC)c(CNC(CO)CO)cc4Cl)c3C)c2C)c(Cl)cc1CNC(CO)CO. The average Bonchev–Trinajstić information content (AvgIpc) is 3.12. The van der Waals surface area contributed by atoms with E-state index >= 15 is 0 Å². The topological polar surface area (TPSA) is 142 Å². The van der Waals surface area contributed by atoms with Crippen molar-refractivity contribution in [3.8, 4) is 34.1 Å². The standard InChI is InChI=1S/C38H46Cl2N2O8/c1-23-25(21-49-37-13-35(47-3)27(11-33(37)39)15-41-29(17-43)18-44)7-5-9-31(23)32-10-6-8-26(24(32)2)22-50-38-14-36(48-4)28(12-34(38)40)16-42-30(19-45)20-46/h5-14,29-30,41-46H,15-22H2,1-4H3. The lowest BCUT2D eigenvalue weighted by Crippen LogP contribution is -2.35. The minimum Gasteiger partial charge on any atom is -0.496 e. The van der Waals surface area contributed by atoms with E-state index in [1.807, 2.05) is 24.3 Å². The molecule has 0 radical (unpaired) electrons. The number of rotatable bonds is 19. The normalized spacial score (nSPS) is 11.4. The minimum absolute atomic E-state index is 0.192. The van der Waals surface area contributed by atoms with E-state index in [0.717, 1.165) is 44.5 Å². The fourth-order valence-corrected chi connectivity index (χ4v) is 5.97. The second-order valence-corrected chi connectivity index (χ2v) is 12.6. The molecule has 0 fully saturated rings. The van der Waals surface area contributed by atoms with Crippen molar-refractivity contribution in [3.05, 3.63) is 104 Å². The third kappa shape index (κ3) is 9.80. The van der Waals surface area contributed by atoms with E-state index in [-0.39, 0.29) is 39.6 Å². The van der Waals surface area contributed by atoms with E-state index in [2.05, 4.69) is 36.6 Å². The van der Waals surface area contributed by atoms with Gasteiger partial charge in [-0.05, 0) is 59.4 Å². The number of methoxy groups -OCH3 is 2. The number of hydrogen-bond donors (Lipinski definition) is 6. The molecule has 6 N–H and O–H groups in total. The molecule has 0 heterocycles. The number of hydrogen-bond acceptors (Lipinski definition) is 10. The molecule has 0 aromatic heterocycles. The summed E-state index contributed by atoms with van der Waals surface area (Å²) in [6, 6.07) is 18.3. The van der Waals surface area contributed by atoms with Gasteiger partial charge in [0.1, 0.15) is 36.2 Å². The molecular weight excluding hydrogens is 683 g/mol. The van der Waals surface area contributed by atoms with Crippen LogP contribution in [0.4, 0.5) is 0 Å². The van der Waals surface area contributed by atoms with Crippen molar-refractivity contribution >= 4 is 23.2 Å². The Morgan fingerprint density at radius 3 is 1.28 bits per heavy atom. The van der Waals surface area contributed by atoms with Crippen LogP contribution in [0.2, 0.25) is 10.0 Å². The van der Waals surface area contributed by atoms with E-state index in [9.17, 15) is 20.4 Å². The first-order valence-electron chi connectivity index (χ1n) is 16.2. The maximum absolute atomic E-state index is 9.36. The second kappa shape index (κ2) is 19.1.